The van der Waals surface area contributed by atoms with Crippen molar-refractivity contribution < 1.29 is 14.6 Å². The van der Waals surface area contributed by atoms with Crippen LogP contribution >= 0.6 is 27.5 Å². The minimum absolute atomic E-state index is 0.0564. The van der Waals surface area contributed by atoms with E-state index < -0.39 is 21.1 Å². The molecule has 0 spiro atoms. The first-order valence-electron chi connectivity index (χ1n) is 11.7. The molecular weight excluding hydrogens is 594 g/mol. The number of hydrogen-bond donors (Lipinski definition) is 0. The molecule has 0 saturated heterocycles. The summed E-state index contributed by atoms with van der Waals surface area (Å²) >= 11 is 9.54. The van der Waals surface area contributed by atoms with Gasteiger partial charge in [0.15, 0.2) is 0 Å². The number of nitro benzene ring substituents is 2. The molecule has 0 unspecified atom stereocenters. The molecule has 0 fully saturated rings. The molecule has 11 nitrogen and oxygen atoms in total. The summed E-state index contributed by atoms with van der Waals surface area (Å²) in [5.74, 6) is 0.139. The van der Waals surface area contributed by atoms with Crippen molar-refractivity contribution in [3.05, 3.63) is 112 Å². The van der Waals surface area contributed by atoms with Crippen LogP contribution in [0.4, 0.5) is 11.4 Å². The summed E-state index contributed by atoms with van der Waals surface area (Å²) in [6, 6.07) is 13.5. The van der Waals surface area contributed by atoms with Crippen LogP contribution in [0.2, 0.25) is 5.02 Å². The highest BCUT2D eigenvalue weighted by molar-refractivity contribution is 9.10. The lowest BCUT2D eigenvalue weighted by molar-refractivity contribution is -0.386. The first-order valence-corrected chi connectivity index (χ1v) is 12.9. The fraction of sp³-hybridized carbons (Fsp3) is 0.192. The molecule has 13 heteroatoms. The summed E-state index contributed by atoms with van der Waals surface area (Å²) in [6.45, 7) is 3.67. The Morgan fingerprint density at radius 3 is 2.62 bits per heavy atom. The Hall–Kier alpha value is -4.16. The molecule has 0 N–H and O–H groups in total. The van der Waals surface area contributed by atoms with Gasteiger partial charge >= 0.3 is 5.69 Å². The number of nitrogens with zero attached hydrogens (tertiary/aromatic N) is 5. The molecule has 0 saturated carbocycles. The molecule has 1 heterocycles. The van der Waals surface area contributed by atoms with E-state index in [1.165, 1.54) is 35.2 Å². The number of nitro groups is 2. The van der Waals surface area contributed by atoms with Gasteiger partial charge in [-0.3, -0.25) is 25.0 Å². The number of fused-ring (bicyclic) bond motifs is 1. The Morgan fingerprint density at radius 2 is 1.92 bits per heavy atom. The van der Waals surface area contributed by atoms with E-state index in [9.17, 15) is 25.0 Å². The Kier molecular flexibility index (Phi) is 8.36. The van der Waals surface area contributed by atoms with Gasteiger partial charge in [-0.1, -0.05) is 53.5 Å². The lowest BCUT2D eigenvalue weighted by Crippen LogP contribution is -2.23. The molecule has 0 bridgehead atoms. The van der Waals surface area contributed by atoms with Gasteiger partial charge < -0.3 is 4.74 Å². The zero-order chi connectivity index (χ0) is 28.3. The lowest BCUT2D eigenvalue weighted by Gasteiger charge is -2.14. The molecule has 0 radical (unpaired) electrons. The van der Waals surface area contributed by atoms with Crippen LogP contribution in [0.25, 0.3) is 10.9 Å². The quantitative estimate of drug-likeness (QED) is 0.117. The third-order valence-electron chi connectivity index (χ3n) is 5.96. The average Bonchev–Trinajstić information content (AvgIpc) is 2.91. The number of non-ortho nitro benzene ring substituents is 1. The fourth-order valence-corrected chi connectivity index (χ4v) is 4.38. The molecule has 4 aromatic rings. The molecule has 0 amide bonds. The molecule has 39 heavy (non-hydrogen) atoms. The van der Waals surface area contributed by atoms with Crippen LogP contribution in [-0.2, 0) is 6.61 Å². The molecule has 200 valence electrons. The summed E-state index contributed by atoms with van der Waals surface area (Å²) in [5, 5.41) is 27.7. The van der Waals surface area contributed by atoms with Gasteiger partial charge in [-0.05, 0) is 36.2 Å². The van der Waals surface area contributed by atoms with Crippen LogP contribution in [-0.4, -0.2) is 25.7 Å². The van der Waals surface area contributed by atoms with Crippen LogP contribution in [0.5, 0.6) is 5.75 Å². The monoisotopic (exact) mass is 613 g/mol. The predicted octanol–water partition coefficient (Wildman–Crippen LogP) is 6.60. The van der Waals surface area contributed by atoms with Crippen LogP contribution in [0.3, 0.4) is 0 Å². The summed E-state index contributed by atoms with van der Waals surface area (Å²) in [7, 11) is 0. The van der Waals surface area contributed by atoms with E-state index >= 15 is 0 Å². The van der Waals surface area contributed by atoms with Crippen LogP contribution in [0.15, 0.2) is 69.0 Å². The van der Waals surface area contributed by atoms with Crippen molar-refractivity contribution in [1.82, 2.24) is 9.66 Å². The number of hydrogen-bond acceptors (Lipinski definition) is 8. The third kappa shape index (κ3) is 6.13. The predicted molar refractivity (Wildman–Crippen MR) is 151 cm³/mol. The first kappa shape index (κ1) is 27.9. The van der Waals surface area contributed by atoms with Crippen molar-refractivity contribution in [3.8, 4) is 5.75 Å². The molecule has 4 rings (SSSR count). The summed E-state index contributed by atoms with van der Waals surface area (Å²) in [6.07, 6.45) is 1.94. The van der Waals surface area contributed by atoms with Gasteiger partial charge in [-0.2, -0.15) is 9.78 Å². The van der Waals surface area contributed by atoms with Crippen LogP contribution < -0.4 is 10.3 Å². The van der Waals surface area contributed by atoms with Gasteiger partial charge in [0.05, 0.1) is 27.0 Å². The molecule has 0 aliphatic heterocycles. The van der Waals surface area contributed by atoms with E-state index in [-0.39, 0.29) is 34.5 Å². The summed E-state index contributed by atoms with van der Waals surface area (Å²) in [5.41, 5.74) is 0.0972. The van der Waals surface area contributed by atoms with E-state index in [0.717, 1.165) is 6.07 Å². The van der Waals surface area contributed by atoms with Crippen molar-refractivity contribution in [1.29, 1.82) is 0 Å². The smallest absolute Gasteiger partial charge is 0.313 e. The SMILES string of the molecule is CC[C@@H](C)c1nc2ccc(Br)cc2c(=O)n1N=Cc1cc(Cl)cc([N+](=O)[O-])c1OCc1cccc([N+](=O)[O-])c1. The molecule has 0 aliphatic carbocycles. The lowest BCUT2D eigenvalue weighted by atomic mass is 10.1. The van der Waals surface area contributed by atoms with Crippen molar-refractivity contribution >= 4 is 56.0 Å². The zero-order valence-corrected chi connectivity index (χ0v) is 23.0. The van der Waals surface area contributed by atoms with Gasteiger partial charge in [0, 0.05) is 39.2 Å². The maximum absolute atomic E-state index is 13.4. The largest absolute Gasteiger partial charge is 0.481 e. The average molecular weight is 615 g/mol. The first-order chi connectivity index (χ1) is 18.6. The normalized spacial score (nSPS) is 12.1. The number of benzene rings is 3. The molecular formula is C26H21BrClN5O6. The van der Waals surface area contributed by atoms with Crippen molar-refractivity contribution in [2.45, 2.75) is 32.8 Å². The van der Waals surface area contributed by atoms with Gasteiger partial charge in [-0.15, -0.1) is 0 Å². The van der Waals surface area contributed by atoms with Gasteiger partial charge in [0.25, 0.3) is 11.2 Å². The van der Waals surface area contributed by atoms with Crippen molar-refractivity contribution in [2.75, 3.05) is 0 Å². The van der Waals surface area contributed by atoms with Gasteiger partial charge in [-0.25, -0.2) is 4.98 Å². The Labute approximate surface area is 235 Å². The van der Waals surface area contributed by atoms with Crippen LogP contribution in [0, 0.1) is 20.2 Å². The van der Waals surface area contributed by atoms with Gasteiger partial charge in [0.1, 0.15) is 12.4 Å². The second-order valence-corrected chi connectivity index (χ2v) is 9.97. The minimum Gasteiger partial charge on any atom is -0.481 e. The number of halogens is 2. The van der Waals surface area contributed by atoms with E-state index in [1.807, 2.05) is 13.8 Å². The zero-order valence-electron chi connectivity index (χ0n) is 20.7. The van der Waals surface area contributed by atoms with E-state index in [0.29, 0.717) is 33.2 Å². The Morgan fingerprint density at radius 1 is 1.15 bits per heavy atom. The second-order valence-electron chi connectivity index (χ2n) is 8.62. The van der Waals surface area contributed by atoms with Crippen molar-refractivity contribution in [3.63, 3.8) is 0 Å². The summed E-state index contributed by atoms with van der Waals surface area (Å²) in [4.78, 5) is 39.8. The second kappa shape index (κ2) is 11.7. The topological polar surface area (TPSA) is 143 Å². The molecule has 1 aromatic heterocycles. The highest BCUT2D eigenvalue weighted by atomic mass is 79.9. The highest BCUT2D eigenvalue weighted by Crippen LogP contribution is 2.34. The molecule has 0 aliphatic rings. The van der Waals surface area contributed by atoms with Crippen LogP contribution in [0.1, 0.15) is 43.1 Å². The molecule has 3 aromatic carbocycles. The molecule has 1 atom stereocenters. The van der Waals surface area contributed by atoms with E-state index in [2.05, 4.69) is 26.0 Å². The maximum atomic E-state index is 13.4. The van der Waals surface area contributed by atoms with E-state index in [4.69, 9.17) is 16.3 Å². The Balaban J connectivity index is 1.82. The highest BCUT2D eigenvalue weighted by Gasteiger charge is 2.22. The van der Waals surface area contributed by atoms with E-state index in [1.54, 1.807) is 24.3 Å². The fourth-order valence-electron chi connectivity index (χ4n) is 3.80. The minimum atomic E-state index is -0.655. The number of aromatic nitrogens is 2. The Bertz CT molecular complexity index is 1690. The maximum Gasteiger partial charge on any atom is 0.313 e. The van der Waals surface area contributed by atoms with Gasteiger partial charge in [0.2, 0.25) is 5.75 Å². The van der Waals surface area contributed by atoms with Crippen molar-refractivity contribution in [2.24, 2.45) is 5.10 Å². The standard InChI is InChI=1S/C26H21BrClN5O6/c1-3-15(2)25-30-22-8-7-18(27)11-21(22)26(34)31(25)29-13-17-10-19(28)12-23(33(37)38)24(17)39-14-16-5-4-6-20(9-16)32(35)36/h4-13,15H,3,14H2,1-2H3/t15-/m1/s1. The number of ether oxygens (including phenoxy) is 1. The number of rotatable bonds is 9. The third-order valence-corrected chi connectivity index (χ3v) is 6.67. The summed E-state index contributed by atoms with van der Waals surface area (Å²) < 4.78 is 7.65.